The summed E-state index contributed by atoms with van der Waals surface area (Å²) in [6.07, 6.45) is 2.90. The first kappa shape index (κ1) is 12.4. The summed E-state index contributed by atoms with van der Waals surface area (Å²) in [7, 11) is -3.21. The lowest BCUT2D eigenvalue weighted by Crippen LogP contribution is -2.33. The molecule has 0 unspecified atom stereocenters. The highest BCUT2D eigenvalue weighted by Crippen LogP contribution is 2.28. The van der Waals surface area contributed by atoms with Crippen molar-refractivity contribution < 1.29 is 8.42 Å². The minimum absolute atomic E-state index is 0.160. The van der Waals surface area contributed by atoms with E-state index in [-0.39, 0.29) is 11.3 Å². The highest BCUT2D eigenvalue weighted by Gasteiger charge is 2.30. The van der Waals surface area contributed by atoms with Gasteiger partial charge in [0.15, 0.2) is 9.84 Å². The first-order chi connectivity index (χ1) is 8.00. The van der Waals surface area contributed by atoms with E-state index in [0.29, 0.717) is 23.4 Å². The van der Waals surface area contributed by atoms with Gasteiger partial charge in [-0.05, 0) is 49.9 Å². The van der Waals surface area contributed by atoms with Crippen LogP contribution in [0, 0.1) is 0 Å². The van der Waals surface area contributed by atoms with Crippen molar-refractivity contribution in [3.05, 3.63) is 24.3 Å². The van der Waals surface area contributed by atoms with E-state index in [1.54, 1.807) is 24.3 Å². The monoisotopic (exact) mass is 254 g/mol. The maximum atomic E-state index is 12.3. The average molecular weight is 254 g/mol. The summed E-state index contributed by atoms with van der Waals surface area (Å²) in [6, 6.07) is 6.58. The Bertz CT molecular complexity index is 474. The Labute approximate surface area is 102 Å². The number of benzene rings is 1. The molecule has 1 saturated carbocycles. The van der Waals surface area contributed by atoms with Crippen LogP contribution < -0.4 is 11.5 Å². The minimum atomic E-state index is -3.21. The Morgan fingerprint density at radius 1 is 1.00 bits per heavy atom. The maximum absolute atomic E-state index is 12.3. The summed E-state index contributed by atoms with van der Waals surface area (Å²) in [5.41, 5.74) is 11.9. The van der Waals surface area contributed by atoms with E-state index in [1.807, 2.05) is 0 Å². The fourth-order valence-electron chi connectivity index (χ4n) is 2.25. The maximum Gasteiger partial charge on any atom is 0.181 e. The molecule has 1 aliphatic rings. The van der Waals surface area contributed by atoms with Crippen LogP contribution in [-0.2, 0) is 9.84 Å². The molecule has 1 aromatic rings. The first-order valence-corrected chi connectivity index (χ1v) is 7.40. The molecule has 0 amide bonds. The lowest BCUT2D eigenvalue weighted by atomic mass is 9.96. The van der Waals surface area contributed by atoms with E-state index in [1.165, 1.54) is 0 Å². The molecule has 1 aliphatic carbocycles. The second kappa shape index (κ2) is 4.66. The predicted molar refractivity (Wildman–Crippen MR) is 68.3 cm³/mol. The van der Waals surface area contributed by atoms with Crippen molar-refractivity contribution in [2.24, 2.45) is 5.73 Å². The fourth-order valence-corrected chi connectivity index (χ4v) is 4.04. The minimum Gasteiger partial charge on any atom is -0.399 e. The molecule has 0 heterocycles. The van der Waals surface area contributed by atoms with Crippen LogP contribution in [0.4, 0.5) is 5.69 Å². The van der Waals surface area contributed by atoms with Crippen molar-refractivity contribution in [3.8, 4) is 0 Å². The molecule has 0 saturated heterocycles. The van der Waals surface area contributed by atoms with Gasteiger partial charge in [-0.1, -0.05) is 0 Å². The molecule has 0 bridgehead atoms. The van der Waals surface area contributed by atoms with Gasteiger partial charge in [0.25, 0.3) is 0 Å². The number of rotatable bonds is 2. The van der Waals surface area contributed by atoms with Crippen LogP contribution in [0.15, 0.2) is 29.2 Å². The van der Waals surface area contributed by atoms with Crippen LogP contribution in [0.5, 0.6) is 0 Å². The van der Waals surface area contributed by atoms with Crippen LogP contribution >= 0.6 is 0 Å². The summed E-state index contributed by atoms with van der Waals surface area (Å²) < 4.78 is 24.6. The molecule has 1 fully saturated rings. The number of hydrogen-bond acceptors (Lipinski definition) is 4. The number of sulfone groups is 1. The SMILES string of the molecule is Nc1ccc(S(=O)(=O)C2CCC(N)CC2)cc1. The molecule has 0 radical (unpaired) electrons. The van der Waals surface area contributed by atoms with E-state index in [0.717, 1.165) is 12.8 Å². The lowest BCUT2D eigenvalue weighted by molar-refractivity contribution is 0.434. The summed E-state index contributed by atoms with van der Waals surface area (Å²) in [4.78, 5) is 0.368. The highest BCUT2D eigenvalue weighted by molar-refractivity contribution is 7.92. The third-order valence-electron chi connectivity index (χ3n) is 3.37. The van der Waals surface area contributed by atoms with Gasteiger partial charge in [0, 0.05) is 11.7 Å². The molecule has 2 rings (SSSR count). The summed E-state index contributed by atoms with van der Waals surface area (Å²) in [5.74, 6) is 0. The summed E-state index contributed by atoms with van der Waals surface area (Å²) in [5, 5.41) is -0.286. The Balaban J connectivity index is 2.21. The Morgan fingerprint density at radius 3 is 2.06 bits per heavy atom. The normalized spacial score (nSPS) is 25.7. The van der Waals surface area contributed by atoms with Crippen molar-refractivity contribution in [1.82, 2.24) is 0 Å². The molecule has 4 N–H and O–H groups in total. The van der Waals surface area contributed by atoms with Crippen molar-refractivity contribution >= 4 is 15.5 Å². The number of hydrogen-bond donors (Lipinski definition) is 2. The lowest BCUT2D eigenvalue weighted by Gasteiger charge is -2.25. The zero-order valence-corrected chi connectivity index (χ0v) is 10.5. The van der Waals surface area contributed by atoms with E-state index in [4.69, 9.17) is 11.5 Å². The van der Waals surface area contributed by atoms with Gasteiger partial charge in [0.2, 0.25) is 0 Å². The molecule has 5 heteroatoms. The molecule has 0 aliphatic heterocycles. The molecule has 17 heavy (non-hydrogen) atoms. The van der Waals surface area contributed by atoms with Gasteiger partial charge in [-0.15, -0.1) is 0 Å². The third kappa shape index (κ3) is 2.61. The van der Waals surface area contributed by atoms with Gasteiger partial charge in [0.1, 0.15) is 0 Å². The van der Waals surface area contributed by atoms with Crippen LogP contribution in [0.2, 0.25) is 0 Å². The molecule has 0 spiro atoms. The standard InChI is InChI=1S/C12H18N2O2S/c13-9-1-5-11(6-2-9)17(15,16)12-7-3-10(14)4-8-12/h1-2,5-6,10,12H,3-4,7-8,13-14H2. The zero-order valence-electron chi connectivity index (χ0n) is 9.67. The molecule has 1 aromatic carbocycles. The first-order valence-electron chi connectivity index (χ1n) is 5.85. The summed E-state index contributed by atoms with van der Waals surface area (Å²) >= 11 is 0. The molecule has 94 valence electrons. The van der Waals surface area contributed by atoms with E-state index in [9.17, 15) is 8.42 Å². The molecule has 4 nitrogen and oxygen atoms in total. The molecule has 0 aromatic heterocycles. The largest absolute Gasteiger partial charge is 0.399 e. The van der Waals surface area contributed by atoms with Gasteiger partial charge < -0.3 is 11.5 Å². The van der Waals surface area contributed by atoms with Crippen LogP contribution in [-0.4, -0.2) is 19.7 Å². The van der Waals surface area contributed by atoms with E-state index < -0.39 is 9.84 Å². The summed E-state index contributed by atoms with van der Waals surface area (Å²) in [6.45, 7) is 0. The van der Waals surface area contributed by atoms with Crippen LogP contribution in [0.25, 0.3) is 0 Å². The number of nitrogens with two attached hydrogens (primary N) is 2. The quantitative estimate of drug-likeness (QED) is 0.779. The second-order valence-electron chi connectivity index (χ2n) is 4.65. The topological polar surface area (TPSA) is 86.2 Å². The second-order valence-corrected chi connectivity index (χ2v) is 6.88. The smallest absolute Gasteiger partial charge is 0.181 e. The van der Waals surface area contributed by atoms with Gasteiger partial charge in [-0.2, -0.15) is 0 Å². The Hall–Kier alpha value is -1.07. The van der Waals surface area contributed by atoms with Crippen LogP contribution in [0.3, 0.4) is 0 Å². The van der Waals surface area contributed by atoms with E-state index >= 15 is 0 Å². The van der Waals surface area contributed by atoms with Crippen molar-refractivity contribution in [2.45, 2.75) is 41.9 Å². The van der Waals surface area contributed by atoms with Gasteiger partial charge in [0.05, 0.1) is 10.1 Å². The average Bonchev–Trinajstić information content (AvgIpc) is 2.30. The number of nitrogen functional groups attached to an aromatic ring is 1. The Morgan fingerprint density at radius 2 is 1.53 bits per heavy atom. The van der Waals surface area contributed by atoms with Crippen LogP contribution in [0.1, 0.15) is 25.7 Å². The van der Waals surface area contributed by atoms with E-state index in [2.05, 4.69) is 0 Å². The van der Waals surface area contributed by atoms with Gasteiger partial charge in [-0.3, -0.25) is 0 Å². The van der Waals surface area contributed by atoms with Gasteiger partial charge in [-0.25, -0.2) is 8.42 Å². The van der Waals surface area contributed by atoms with Crippen molar-refractivity contribution in [1.29, 1.82) is 0 Å². The molecular formula is C12H18N2O2S. The highest BCUT2D eigenvalue weighted by atomic mass is 32.2. The van der Waals surface area contributed by atoms with Gasteiger partial charge >= 0.3 is 0 Å². The van der Waals surface area contributed by atoms with Crippen molar-refractivity contribution in [2.75, 3.05) is 5.73 Å². The molecule has 0 atom stereocenters. The molecular weight excluding hydrogens is 236 g/mol. The van der Waals surface area contributed by atoms with Crippen molar-refractivity contribution in [3.63, 3.8) is 0 Å². The fraction of sp³-hybridized carbons (Fsp3) is 0.500. The predicted octanol–water partition coefficient (Wildman–Crippen LogP) is 1.31. The third-order valence-corrected chi connectivity index (χ3v) is 5.64. The Kier molecular flexibility index (Phi) is 3.40. The zero-order chi connectivity index (χ0) is 12.5. The number of anilines is 1.